The molecule has 1 saturated heterocycles. The van der Waals surface area contributed by atoms with E-state index in [0.717, 1.165) is 8.69 Å². The average molecular weight is 467 g/mol. The topological polar surface area (TPSA) is 122 Å². The van der Waals surface area contributed by atoms with Gasteiger partial charge in [0.15, 0.2) is 5.54 Å². The Morgan fingerprint density at radius 1 is 1.36 bits per heavy atom. The average Bonchev–Trinajstić information content (AvgIpc) is 3.15. The number of benzene rings is 1. The maximum atomic E-state index is 12.8. The van der Waals surface area contributed by atoms with Crippen LogP contribution in [0.25, 0.3) is 0 Å². The van der Waals surface area contributed by atoms with Crippen LogP contribution in [0.3, 0.4) is 0 Å². The predicted octanol–water partition coefficient (Wildman–Crippen LogP) is 3.13. The Hall–Kier alpha value is -2.79. The molecule has 1 fully saturated rings. The Labute approximate surface area is 172 Å². The second-order valence-corrected chi connectivity index (χ2v) is 8.77. The standard InChI is InChI=1S/C17H15BrN4O5S/c1-9-10(4-3-5-11(9)22(26)27)19-14(23)8-21-15(24)17(2,20-16(21)25)12-6-7-13(18)28-12/h3-7H,8H2,1-2H3,(H,19,23)(H,20,25). The van der Waals surface area contributed by atoms with E-state index in [-0.39, 0.29) is 16.9 Å². The Kier molecular flexibility index (Phi) is 5.22. The van der Waals surface area contributed by atoms with Crippen molar-refractivity contribution >= 4 is 56.5 Å². The molecule has 2 aromatic rings. The van der Waals surface area contributed by atoms with Gasteiger partial charge < -0.3 is 10.6 Å². The molecule has 1 unspecified atom stereocenters. The summed E-state index contributed by atoms with van der Waals surface area (Å²) in [6.07, 6.45) is 0. The number of imide groups is 1. The minimum absolute atomic E-state index is 0.136. The van der Waals surface area contributed by atoms with Crippen LogP contribution in [0, 0.1) is 17.0 Å². The second-order valence-electron chi connectivity index (χ2n) is 6.31. The molecule has 0 aliphatic carbocycles. The fourth-order valence-corrected chi connectivity index (χ4v) is 4.36. The first-order valence-corrected chi connectivity index (χ1v) is 9.68. The molecule has 3 rings (SSSR count). The summed E-state index contributed by atoms with van der Waals surface area (Å²) >= 11 is 4.63. The van der Waals surface area contributed by atoms with E-state index in [0.29, 0.717) is 4.88 Å². The van der Waals surface area contributed by atoms with Gasteiger partial charge in [-0.1, -0.05) is 6.07 Å². The van der Waals surface area contributed by atoms with Gasteiger partial charge in [0.1, 0.15) is 6.54 Å². The number of halogens is 1. The van der Waals surface area contributed by atoms with Crippen LogP contribution >= 0.6 is 27.3 Å². The molecule has 1 aromatic heterocycles. The number of urea groups is 1. The molecule has 0 radical (unpaired) electrons. The zero-order valence-electron chi connectivity index (χ0n) is 14.8. The van der Waals surface area contributed by atoms with Crippen LogP contribution in [0.2, 0.25) is 0 Å². The lowest BCUT2D eigenvalue weighted by atomic mass is 10.0. The quantitative estimate of drug-likeness (QED) is 0.398. The van der Waals surface area contributed by atoms with Crippen LogP contribution in [0.4, 0.5) is 16.2 Å². The normalized spacial score (nSPS) is 18.9. The van der Waals surface area contributed by atoms with Gasteiger partial charge in [0.05, 0.1) is 20.0 Å². The number of carbonyl (C=O) groups excluding carboxylic acids is 3. The van der Waals surface area contributed by atoms with Crippen molar-refractivity contribution in [1.29, 1.82) is 0 Å². The number of carbonyl (C=O) groups is 3. The molecule has 0 bridgehead atoms. The third-order valence-electron chi connectivity index (χ3n) is 4.42. The lowest BCUT2D eigenvalue weighted by Crippen LogP contribution is -2.41. The van der Waals surface area contributed by atoms with Gasteiger partial charge in [-0.3, -0.25) is 24.6 Å². The molecule has 2 heterocycles. The maximum Gasteiger partial charge on any atom is 0.325 e. The highest BCUT2D eigenvalue weighted by atomic mass is 79.9. The van der Waals surface area contributed by atoms with E-state index in [2.05, 4.69) is 26.6 Å². The van der Waals surface area contributed by atoms with Crippen molar-refractivity contribution in [2.75, 3.05) is 11.9 Å². The highest BCUT2D eigenvalue weighted by molar-refractivity contribution is 9.11. The van der Waals surface area contributed by atoms with Crippen LogP contribution < -0.4 is 10.6 Å². The van der Waals surface area contributed by atoms with Gasteiger partial charge in [-0.2, -0.15) is 0 Å². The van der Waals surface area contributed by atoms with Crippen LogP contribution in [-0.4, -0.2) is 34.2 Å². The number of hydrogen-bond acceptors (Lipinski definition) is 6. The lowest BCUT2D eigenvalue weighted by Gasteiger charge is -2.20. The summed E-state index contributed by atoms with van der Waals surface area (Å²) in [5.41, 5.74) is -0.860. The minimum atomic E-state index is -1.25. The number of anilines is 1. The molecule has 1 aliphatic heterocycles. The number of amides is 4. The number of thiophene rings is 1. The summed E-state index contributed by atoms with van der Waals surface area (Å²) in [6.45, 7) is 2.58. The number of hydrogen-bond donors (Lipinski definition) is 2. The maximum absolute atomic E-state index is 12.8. The molecule has 146 valence electrons. The van der Waals surface area contributed by atoms with Gasteiger partial charge in [0.2, 0.25) is 5.91 Å². The third kappa shape index (κ3) is 3.50. The molecule has 2 N–H and O–H groups in total. The lowest BCUT2D eigenvalue weighted by molar-refractivity contribution is -0.385. The predicted molar refractivity (Wildman–Crippen MR) is 106 cm³/mol. The van der Waals surface area contributed by atoms with Crippen LogP contribution in [0.5, 0.6) is 0 Å². The number of nitrogens with one attached hydrogen (secondary N) is 2. The van der Waals surface area contributed by atoms with Gasteiger partial charge in [-0.05, 0) is 48.0 Å². The van der Waals surface area contributed by atoms with Crippen molar-refractivity contribution in [3.63, 3.8) is 0 Å². The number of nitro benzene ring substituents is 1. The van der Waals surface area contributed by atoms with Crippen molar-refractivity contribution < 1.29 is 19.3 Å². The minimum Gasteiger partial charge on any atom is -0.324 e. The first-order chi connectivity index (χ1) is 13.1. The van der Waals surface area contributed by atoms with Gasteiger partial charge in [-0.25, -0.2) is 4.79 Å². The summed E-state index contributed by atoms with van der Waals surface area (Å²) in [4.78, 5) is 49.4. The van der Waals surface area contributed by atoms with E-state index < -0.39 is 34.9 Å². The van der Waals surface area contributed by atoms with E-state index in [1.54, 1.807) is 19.1 Å². The Balaban J connectivity index is 1.76. The van der Waals surface area contributed by atoms with E-state index in [1.807, 2.05) is 0 Å². The van der Waals surface area contributed by atoms with Gasteiger partial charge in [0, 0.05) is 10.9 Å². The summed E-state index contributed by atoms with van der Waals surface area (Å²) in [6, 6.07) is 7.10. The van der Waals surface area contributed by atoms with Gasteiger partial charge in [0.25, 0.3) is 11.6 Å². The molecule has 1 atom stereocenters. The molecule has 4 amide bonds. The van der Waals surface area contributed by atoms with E-state index >= 15 is 0 Å². The number of nitro groups is 1. The third-order valence-corrected chi connectivity index (χ3v) is 6.26. The molecule has 1 aromatic carbocycles. The summed E-state index contributed by atoms with van der Waals surface area (Å²) in [5.74, 6) is -1.18. The van der Waals surface area contributed by atoms with Crippen molar-refractivity contribution in [3.05, 3.63) is 54.7 Å². The molecule has 9 nitrogen and oxygen atoms in total. The molecular formula is C17H15BrN4O5S. The van der Waals surface area contributed by atoms with Gasteiger partial charge in [-0.15, -0.1) is 11.3 Å². The van der Waals surface area contributed by atoms with Crippen molar-refractivity contribution in [3.8, 4) is 0 Å². The summed E-state index contributed by atoms with van der Waals surface area (Å²) in [5, 5.41) is 16.2. The summed E-state index contributed by atoms with van der Waals surface area (Å²) in [7, 11) is 0. The zero-order valence-corrected chi connectivity index (χ0v) is 17.2. The van der Waals surface area contributed by atoms with E-state index in [9.17, 15) is 24.5 Å². The molecule has 11 heteroatoms. The van der Waals surface area contributed by atoms with Crippen molar-refractivity contribution in [2.45, 2.75) is 19.4 Å². The SMILES string of the molecule is Cc1c(NC(=O)CN2C(=O)NC(C)(c3ccc(Br)s3)C2=O)cccc1[N+](=O)[O-]. The van der Waals surface area contributed by atoms with E-state index in [1.165, 1.54) is 36.5 Å². The van der Waals surface area contributed by atoms with Crippen LogP contribution in [-0.2, 0) is 15.1 Å². The Morgan fingerprint density at radius 3 is 2.68 bits per heavy atom. The first-order valence-electron chi connectivity index (χ1n) is 8.07. The molecule has 1 aliphatic rings. The number of rotatable bonds is 5. The number of nitrogens with zero attached hydrogens (tertiary/aromatic N) is 2. The van der Waals surface area contributed by atoms with Gasteiger partial charge >= 0.3 is 6.03 Å². The Morgan fingerprint density at radius 2 is 2.07 bits per heavy atom. The van der Waals surface area contributed by atoms with Crippen molar-refractivity contribution in [1.82, 2.24) is 10.2 Å². The Bertz CT molecular complexity index is 1010. The fourth-order valence-electron chi connectivity index (χ4n) is 2.88. The largest absolute Gasteiger partial charge is 0.325 e. The fraction of sp³-hybridized carbons (Fsp3) is 0.235. The second kappa shape index (κ2) is 7.32. The molecule has 0 spiro atoms. The molecular weight excluding hydrogens is 452 g/mol. The highest BCUT2D eigenvalue weighted by Gasteiger charge is 2.50. The monoisotopic (exact) mass is 466 g/mol. The van der Waals surface area contributed by atoms with Crippen molar-refractivity contribution in [2.24, 2.45) is 0 Å². The molecule has 0 saturated carbocycles. The first kappa shape index (κ1) is 20.0. The smallest absolute Gasteiger partial charge is 0.324 e. The van der Waals surface area contributed by atoms with Crippen LogP contribution in [0.1, 0.15) is 17.4 Å². The summed E-state index contributed by atoms with van der Waals surface area (Å²) < 4.78 is 0.808. The van der Waals surface area contributed by atoms with Crippen LogP contribution in [0.15, 0.2) is 34.1 Å². The van der Waals surface area contributed by atoms with E-state index in [4.69, 9.17) is 0 Å². The zero-order chi connectivity index (χ0) is 20.6. The highest BCUT2D eigenvalue weighted by Crippen LogP contribution is 2.35. The molecule has 28 heavy (non-hydrogen) atoms.